The monoisotopic (exact) mass is 400 g/mol. The van der Waals surface area contributed by atoms with E-state index >= 15 is 0 Å². The van der Waals surface area contributed by atoms with Gasteiger partial charge < -0.3 is 4.74 Å². The maximum atomic E-state index is 5.82. The van der Waals surface area contributed by atoms with Gasteiger partial charge in [-0.3, -0.25) is 0 Å². The Morgan fingerprint density at radius 3 is 1.67 bits per heavy atom. The van der Waals surface area contributed by atoms with Crippen LogP contribution >= 0.6 is 0 Å². The molecule has 2 aromatic rings. The first kappa shape index (κ1) is 23.6. The summed E-state index contributed by atoms with van der Waals surface area (Å²) in [5, 5.41) is 0. The van der Waals surface area contributed by atoms with Gasteiger partial charge in [0.25, 0.3) is 0 Å². The van der Waals surface area contributed by atoms with Crippen LogP contribution in [0, 0.1) is 23.7 Å². The predicted octanol–water partition coefficient (Wildman–Crippen LogP) is 7.76. The van der Waals surface area contributed by atoms with E-state index in [9.17, 15) is 0 Å². The predicted molar refractivity (Wildman–Crippen MR) is 129 cm³/mol. The molecule has 0 amide bonds. The first-order chi connectivity index (χ1) is 14.8. The third-order valence-corrected chi connectivity index (χ3v) is 5.00. The van der Waals surface area contributed by atoms with Crippen LogP contribution in [-0.2, 0) is 0 Å². The van der Waals surface area contributed by atoms with Gasteiger partial charge in [-0.05, 0) is 61.4 Å². The smallest absolute Gasteiger partial charge is 0.119 e. The number of unbranched alkanes of at least 4 members (excludes halogenated alkanes) is 8. The molecular formula is C29H36O. The molecule has 0 atom stereocenters. The molecule has 0 heterocycles. The van der Waals surface area contributed by atoms with Gasteiger partial charge in [-0.2, -0.15) is 0 Å². The highest BCUT2D eigenvalue weighted by atomic mass is 16.5. The van der Waals surface area contributed by atoms with E-state index in [1.807, 2.05) is 36.4 Å². The molecule has 0 aliphatic rings. The Morgan fingerprint density at radius 1 is 0.567 bits per heavy atom. The molecular weight excluding hydrogens is 364 g/mol. The molecule has 0 saturated carbocycles. The first-order valence-corrected chi connectivity index (χ1v) is 11.7. The number of rotatable bonds is 11. The van der Waals surface area contributed by atoms with Crippen molar-refractivity contribution in [2.45, 2.75) is 78.1 Å². The molecule has 30 heavy (non-hydrogen) atoms. The SMILES string of the molecule is CCCCCCC#Cc1ccc(C#Cc2ccc(OCCCCCCC)cc2)cc1. The third kappa shape index (κ3) is 10.2. The van der Waals surface area contributed by atoms with Crippen LogP contribution in [0.25, 0.3) is 0 Å². The van der Waals surface area contributed by atoms with Gasteiger partial charge in [0.15, 0.2) is 0 Å². The van der Waals surface area contributed by atoms with Crippen LogP contribution < -0.4 is 4.74 Å². The van der Waals surface area contributed by atoms with Crippen molar-refractivity contribution >= 4 is 0 Å². The molecule has 0 saturated heterocycles. The zero-order valence-electron chi connectivity index (χ0n) is 18.8. The maximum absolute atomic E-state index is 5.82. The molecule has 0 radical (unpaired) electrons. The van der Waals surface area contributed by atoms with Gasteiger partial charge in [0.05, 0.1) is 6.61 Å². The molecule has 0 bridgehead atoms. The number of hydrogen-bond donors (Lipinski definition) is 0. The van der Waals surface area contributed by atoms with Crippen LogP contribution in [0.2, 0.25) is 0 Å². The highest BCUT2D eigenvalue weighted by Gasteiger charge is 1.95. The summed E-state index contributed by atoms with van der Waals surface area (Å²) in [7, 11) is 0. The Labute approximate surface area is 184 Å². The van der Waals surface area contributed by atoms with Gasteiger partial charge >= 0.3 is 0 Å². The number of hydrogen-bond acceptors (Lipinski definition) is 1. The summed E-state index contributed by atoms with van der Waals surface area (Å²) in [6.07, 6.45) is 12.3. The van der Waals surface area contributed by atoms with Gasteiger partial charge in [0, 0.05) is 23.1 Å². The minimum Gasteiger partial charge on any atom is -0.494 e. The molecule has 1 nitrogen and oxygen atoms in total. The van der Waals surface area contributed by atoms with E-state index in [1.165, 1.54) is 51.4 Å². The van der Waals surface area contributed by atoms with Gasteiger partial charge in [-0.25, -0.2) is 0 Å². The van der Waals surface area contributed by atoms with Crippen molar-refractivity contribution < 1.29 is 4.74 Å². The lowest BCUT2D eigenvalue weighted by atomic mass is 10.1. The summed E-state index contributed by atoms with van der Waals surface area (Å²) in [4.78, 5) is 0. The maximum Gasteiger partial charge on any atom is 0.119 e. The van der Waals surface area contributed by atoms with E-state index in [0.717, 1.165) is 41.9 Å². The molecule has 0 aliphatic carbocycles. The van der Waals surface area contributed by atoms with E-state index in [1.54, 1.807) is 0 Å². The Bertz CT molecular complexity index is 822. The van der Waals surface area contributed by atoms with Crippen molar-refractivity contribution in [1.82, 2.24) is 0 Å². The normalized spacial score (nSPS) is 9.93. The number of ether oxygens (including phenoxy) is 1. The Hall–Kier alpha value is -2.64. The zero-order chi connectivity index (χ0) is 21.3. The summed E-state index contributed by atoms with van der Waals surface area (Å²) in [6, 6.07) is 16.3. The summed E-state index contributed by atoms with van der Waals surface area (Å²) >= 11 is 0. The molecule has 0 aromatic heterocycles. The highest BCUT2D eigenvalue weighted by Crippen LogP contribution is 2.13. The average Bonchev–Trinajstić information content (AvgIpc) is 2.79. The highest BCUT2D eigenvalue weighted by molar-refractivity contribution is 5.46. The summed E-state index contributed by atoms with van der Waals surface area (Å²) in [6.45, 7) is 5.27. The van der Waals surface area contributed by atoms with E-state index in [-0.39, 0.29) is 0 Å². The van der Waals surface area contributed by atoms with Gasteiger partial charge in [0.2, 0.25) is 0 Å². The van der Waals surface area contributed by atoms with E-state index in [0.29, 0.717) is 0 Å². The Balaban J connectivity index is 1.76. The van der Waals surface area contributed by atoms with Gasteiger partial charge in [-0.15, -0.1) is 0 Å². The second-order valence-electron chi connectivity index (χ2n) is 7.73. The van der Waals surface area contributed by atoms with Crippen LogP contribution in [0.15, 0.2) is 48.5 Å². The second-order valence-corrected chi connectivity index (χ2v) is 7.73. The summed E-state index contributed by atoms with van der Waals surface area (Å²) < 4.78 is 5.82. The minimum atomic E-state index is 0.794. The molecule has 2 aromatic carbocycles. The van der Waals surface area contributed by atoms with Crippen molar-refractivity contribution in [3.05, 3.63) is 65.2 Å². The zero-order valence-corrected chi connectivity index (χ0v) is 18.8. The molecule has 158 valence electrons. The van der Waals surface area contributed by atoms with Crippen LogP contribution in [0.5, 0.6) is 5.75 Å². The van der Waals surface area contributed by atoms with Crippen molar-refractivity contribution in [3.63, 3.8) is 0 Å². The fraction of sp³-hybridized carbons (Fsp3) is 0.448. The van der Waals surface area contributed by atoms with Crippen LogP contribution in [-0.4, -0.2) is 6.61 Å². The Kier molecular flexibility index (Phi) is 12.0. The molecule has 2 rings (SSSR count). The summed E-state index contributed by atoms with van der Waals surface area (Å²) in [5.74, 6) is 13.9. The van der Waals surface area contributed by atoms with Crippen molar-refractivity contribution in [2.75, 3.05) is 6.61 Å². The molecule has 0 aliphatic heterocycles. The molecule has 0 spiro atoms. The lowest BCUT2D eigenvalue weighted by Crippen LogP contribution is -1.97. The Morgan fingerprint density at radius 2 is 1.07 bits per heavy atom. The molecule has 0 fully saturated rings. The van der Waals surface area contributed by atoms with Gasteiger partial charge in [-0.1, -0.05) is 82.5 Å². The fourth-order valence-electron chi connectivity index (χ4n) is 3.12. The topological polar surface area (TPSA) is 9.23 Å². The number of benzene rings is 2. The van der Waals surface area contributed by atoms with E-state index in [2.05, 4.69) is 49.7 Å². The standard InChI is InChI=1S/C29H36O/c1-3-5-7-9-10-12-14-26-15-17-27(18-16-26)19-20-28-21-23-29(24-22-28)30-25-13-11-8-6-4-2/h15-18,21-24H,3-11,13,25H2,1-2H3. The van der Waals surface area contributed by atoms with Crippen molar-refractivity contribution in [1.29, 1.82) is 0 Å². The van der Waals surface area contributed by atoms with Crippen LogP contribution in [0.4, 0.5) is 0 Å². The first-order valence-electron chi connectivity index (χ1n) is 11.7. The quantitative estimate of drug-likeness (QED) is 0.277. The minimum absolute atomic E-state index is 0.794. The van der Waals surface area contributed by atoms with E-state index in [4.69, 9.17) is 4.74 Å². The lowest BCUT2D eigenvalue weighted by Gasteiger charge is -2.05. The summed E-state index contributed by atoms with van der Waals surface area (Å²) in [5.41, 5.74) is 3.07. The fourth-order valence-corrected chi connectivity index (χ4v) is 3.12. The molecule has 0 N–H and O–H groups in total. The van der Waals surface area contributed by atoms with Gasteiger partial charge in [0.1, 0.15) is 5.75 Å². The third-order valence-electron chi connectivity index (χ3n) is 5.00. The van der Waals surface area contributed by atoms with Crippen molar-refractivity contribution in [3.8, 4) is 29.4 Å². The average molecular weight is 401 g/mol. The van der Waals surface area contributed by atoms with Crippen molar-refractivity contribution in [2.24, 2.45) is 0 Å². The van der Waals surface area contributed by atoms with Crippen LogP contribution in [0.1, 0.15) is 94.7 Å². The molecule has 0 unspecified atom stereocenters. The second kappa shape index (κ2) is 15.2. The van der Waals surface area contributed by atoms with Crippen LogP contribution in [0.3, 0.4) is 0 Å². The largest absolute Gasteiger partial charge is 0.494 e. The molecule has 1 heteroatoms. The van der Waals surface area contributed by atoms with E-state index < -0.39 is 0 Å². The lowest BCUT2D eigenvalue weighted by molar-refractivity contribution is 0.304.